The predicted octanol–water partition coefficient (Wildman–Crippen LogP) is 3.53. The minimum absolute atomic E-state index is 0.140. The molecule has 1 N–H and O–H groups in total. The van der Waals surface area contributed by atoms with E-state index in [9.17, 15) is 9.90 Å². The number of nitrogens with zero attached hydrogens (tertiary/aromatic N) is 1. The molecule has 1 aromatic carbocycles. The summed E-state index contributed by atoms with van der Waals surface area (Å²) < 4.78 is 0. The molecule has 0 aliphatic rings. The van der Waals surface area contributed by atoms with Crippen molar-refractivity contribution in [1.29, 1.82) is 0 Å². The van der Waals surface area contributed by atoms with Crippen LogP contribution in [-0.2, 0) is 0 Å². The molecule has 1 amide bonds. The van der Waals surface area contributed by atoms with Crippen molar-refractivity contribution in [2.75, 3.05) is 0 Å². The van der Waals surface area contributed by atoms with Gasteiger partial charge in [-0.1, -0.05) is 30.3 Å². The Labute approximate surface area is 96.7 Å². The summed E-state index contributed by atoms with van der Waals surface area (Å²) in [5.74, 6) is 0. The highest BCUT2D eigenvalue weighted by Gasteiger charge is 2.31. The first-order chi connectivity index (χ1) is 7.34. The first kappa shape index (κ1) is 12.6. The van der Waals surface area contributed by atoms with E-state index in [1.54, 1.807) is 0 Å². The predicted molar refractivity (Wildman–Crippen MR) is 64.5 cm³/mol. The van der Waals surface area contributed by atoms with Gasteiger partial charge in [0, 0.05) is 5.54 Å². The summed E-state index contributed by atoms with van der Waals surface area (Å²) in [6.45, 7) is 7.62. The van der Waals surface area contributed by atoms with E-state index in [0.717, 1.165) is 5.56 Å². The molecule has 0 heterocycles. The lowest BCUT2D eigenvalue weighted by Crippen LogP contribution is -2.46. The van der Waals surface area contributed by atoms with Gasteiger partial charge in [-0.05, 0) is 33.3 Å². The van der Waals surface area contributed by atoms with Gasteiger partial charge < -0.3 is 5.11 Å². The molecule has 0 saturated heterocycles. The van der Waals surface area contributed by atoms with Gasteiger partial charge in [0.05, 0.1) is 6.04 Å². The summed E-state index contributed by atoms with van der Waals surface area (Å²) in [6.07, 6.45) is -0.885. The Morgan fingerprint density at radius 2 is 1.75 bits per heavy atom. The Balaban J connectivity index is 3.02. The molecule has 1 rings (SSSR count). The van der Waals surface area contributed by atoms with Crippen LogP contribution in [0.3, 0.4) is 0 Å². The number of rotatable bonds is 2. The first-order valence-corrected chi connectivity index (χ1v) is 5.41. The van der Waals surface area contributed by atoms with Gasteiger partial charge in [0.15, 0.2) is 0 Å². The largest absolute Gasteiger partial charge is 0.465 e. The number of benzene rings is 1. The fourth-order valence-corrected chi connectivity index (χ4v) is 1.91. The van der Waals surface area contributed by atoms with Crippen molar-refractivity contribution in [2.45, 2.75) is 39.3 Å². The van der Waals surface area contributed by atoms with Crippen LogP contribution in [0.25, 0.3) is 0 Å². The molecule has 0 bridgehead atoms. The van der Waals surface area contributed by atoms with Crippen molar-refractivity contribution >= 4 is 6.09 Å². The molecule has 0 aromatic heterocycles. The Morgan fingerprint density at radius 3 is 2.12 bits per heavy atom. The smallest absolute Gasteiger partial charge is 0.408 e. The van der Waals surface area contributed by atoms with E-state index >= 15 is 0 Å². The van der Waals surface area contributed by atoms with E-state index in [-0.39, 0.29) is 6.04 Å². The number of carboxylic acid groups (broad SMARTS) is 1. The first-order valence-electron chi connectivity index (χ1n) is 5.41. The van der Waals surface area contributed by atoms with Gasteiger partial charge in [0.2, 0.25) is 0 Å². The van der Waals surface area contributed by atoms with E-state index in [1.165, 1.54) is 4.90 Å². The maximum absolute atomic E-state index is 11.3. The van der Waals surface area contributed by atoms with Crippen LogP contribution in [0.5, 0.6) is 0 Å². The molecule has 88 valence electrons. The second kappa shape index (κ2) is 4.56. The second-order valence-corrected chi connectivity index (χ2v) is 4.91. The molecule has 3 heteroatoms. The average Bonchev–Trinajstić information content (AvgIpc) is 2.16. The van der Waals surface area contributed by atoms with Crippen LogP contribution >= 0.6 is 0 Å². The van der Waals surface area contributed by atoms with Crippen LogP contribution in [0.15, 0.2) is 30.3 Å². The van der Waals surface area contributed by atoms with Crippen molar-refractivity contribution < 1.29 is 9.90 Å². The lowest BCUT2D eigenvalue weighted by molar-refractivity contribution is 0.0753. The summed E-state index contributed by atoms with van der Waals surface area (Å²) in [5.41, 5.74) is 0.612. The summed E-state index contributed by atoms with van der Waals surface area (Å²) in [7, 11) is 0. The topological polar surface area (TPSA) is 40.5 Å². The Kier molecular flexibility index (Phi) is 3.58. The van der Waals surface area contributed by atoms with E-state index in [0.29, 0.717) is 0 Å². The molecule has 1 unspecified atom stereocenters. The van der Waals surface area contributed by atoms with Gasteiger partial charge in [0.1, 0.15) is 0 Å². The normalized spacial score (nSPS) is 13.2. The minimum Gasteiger partial charge on any atom is -0.465 e. The van der Waals surface area contributed by atoms with Crippen molar-refractivity contribution in [3.63, 3.8) is 0 Å². The minimum atomic E-state index is -0.885. The van der Waals surface area contributed by atoms with Gasteiger partial charge in [-0.25, -0.2) is 4.79 Å². The summed E-state index contributed by atoms with van der Waals surface area (Å²) in [6, 6.07) is 9.54. The third-order valence-corrected chi connectivity index (χ3v) is 2.60. The van der Waals surface area contributed by atoms with Gasteiger partial charge in [-0.2, -0.15) is 0 Å². The highest BCUT2D eigenvalue weighted by atomic mass is 16.4. The van der Waals surface area contributed by atoms with Crippen molar-refractivity contribution in [1.82, 2.24) is 4.90 Å². The van der Waals surface area contributed by atoms with Crippen molar-refractivity contribution in [2.24, 2.45) is 0 Å². The molecule has 1 aromatic rings. The molecule has 16 heavy (non-hydrogen) atoms. The Morgan fingerprint density at radius 1 is 1.25 bits per heavy atom. The molecule has 1 atom stereocenters. The lowest BCUT2D eigenvalue weighted by atomic mass is 10.00. The van der Waals surface area contributed by atoms with Gasteiger partial charge in [-0.3, -0.25) is 4.90 Å². The second-order valence-electron chi connectivity index (χ2n) is 4.91. The SMILES string of the molecule is CC(c1ccccc1)N(C(=O)O)C(C)(C)C. The zero-order valence-electron chi connectivity index (χ0n) is 10.3. The molecule has 0 aliphatic heterocycles. The third-order valence-electron chi connectivity index (χ3n) is 2.60. The van der Waals surface area contributed by atoms with Crippen molar-refractivity contribution in [3.05, 3.63) is 35.9 Å². The molecule has 3 nitrogen and oxygen atoms in total. The molecular formula is C13H19NO2. The Bertz CT molecular complexity index is 354. The standard InChI is InChI=1S/C13H19NO2/c1-10(11-8-6-5-7-9-11)14(12(15)16)13(2,3)4/h5-10H,1-4H3,(H,15,16). The number of carbonyl (C=O) groups is 1. The van der Waals surface area contributed by atoms with Crippen LogP contribution in [0.2, 0.25) is 0 Å². The third kappa shape index (κ3) is 2.75. The van der Waals surface area contributed by atoms with Gasteiger partial charge in [-0.15, -0.1) is 0 Å². The number of hydrogen-bond donors (Lipinski definition) is 1. The van der Waals surface area contributed by atoms with E-state index in [1.807, 2.05) is 58.0 Å². The molecule has 0 spiro atoms. The number of amides is 1. The fraction of sp³-hybridized carbons (Fsp3) is 0.462. The molecule has 0 saturated carbocycles. The molecule has 0 radical (unpaired) electrons. The number of hydrogen-bond acceptors (Lipinski definition) is 1. The summed E-state index contributed by atoms with van der Waals surface area (Å²) in [5, 5.41) is 9.27. The monoisotopic (exact) mass is 221 g/mol. The Hall–Kier alpha value is -1.51. The van der Waals surface area contributed by atoms with E-state index < -0.39 is 11.6 Å². The van der Waals surface area contributed by atoms with Gasteiger partial charge in [0.25, 0.3) is 0 Å². The maximum atomic E-state index is 11.3. The fourth-order valence-electron chi connectivity index (χ4n) is 1.91. The average molecular weight is 221 g/mol. The van der Waals surface area contributed by atoms with Crippen LogP contribution in [-0.4, -0.2) is 21.6 Å². The zero-order chi connectivity index (χ0) is 12.3. The van der Waals surface area contributed by atoms with Crippen LogP contribution in [0, 0.1) is 0 Å². The zero-order valence-corrected chi connectivity index (χ0v) is 10.3. The molecular weight excluding hydrogens is 202 g/mol. The summed E-state index contributed by atoms with van der Waals surface area (Å²) in [4.78, 5) is 12.8. The van der Waals surface area contributed by atoms with Crippen LogP contribution < -0.4 is 0 Å². The van der Waals surface area contributed by atoms with Gasteiger partial charge >= 0.3 is 6.09 Å². The maximum Gasteiger partial charge on any atom is 0.408 e. The van der Waals surface area contributed by atoms with Crippen LogP contribution in [0.1, 0.15) is 39.3 Å². The molecule has 0 fully saturated rings. The van der Waals surface area contributed by atoms with E-state index in [2.05, 4.69) is 0 Å². The highest BCUT2D eigenvalue weighted by molar-refractivity contribution is 5.66. The van der Waals surface area contributed by atoms with Crippen LogP contribution in [0.4, 0.5) is 4.79 Å². The quantitative estimate of drug-likeness (QED) is 0.830. The highest BCUT2D eigenvalue weighted by Crippen LogP contribution is 2.27. The summed E-state index contributed by atoms with van der Waals surface area (Å²) >= 11 is 0. The molecule has 0 aliphatic carbocycles. The van der Waals surface area contributed by atoms with Crippen molar-refractivity contribution in [3.8, 4) is 0 Å². The lowest BCUT2D eigenvalue weighted by Gasteiger charge is -2.38. The van der Waals surface area contributed by atoms with E-state index in [4.69, 9.17) is 0 Å².